The number of halogens is 1. The van der Waals surface area contributed by atoms with Crippen molar-refractivity contribution >= 4 is 17.5 Å². The molecule has 0 saturated carbocycles. The van der Waals surface area contributed by atoms with Crippen molar-refractivity contribution in [3.63, 3.8) is 0 Å². The number of amides is 1. The number of carbonyl (C=O) groups excluding carboxylic acids is 1. The maximum atomic E-state index is 12.9. The predicted octanol–water partition coefficient (Wildman–Crippen LogP) is 3.04. The highest BCUT2D eigenvalue weighted by molar-refractivity contribution is 6.34. The minimum Gasteiger partial charge on any atom is -0.332 e. The molecule has 4 rings (SSSR count). The summed E-state index contributed by atoms with van der Waals surface area (Å²) in [5.74, 6) is -0.0559. The van der Waals surface area contributed by atoms with E-state index < -0.39 is 0 Å². The minimum absolute atomic E-state index is 0.0559. The summed E-state index contributed by atoms with van der Waals surface area (Å²) in [5, 5.41) is 5.15. The normalized spacial score (nSPS) is 13.6. The van der Waals surface area contributed by atoms with E-state index in [0.29, 0.717) is 23.7 Å². The zero-order valence-electron chi connectivity index (χ0n) is 14.6. The van der Waals surface area contributed by atoms with Crippen LogP contribution in [0.3, 0.4) is 0 Å². The quantitative estimate of drug-likeness (QED) is 0.698. The highest BCUT2D eigenvalue weighted by Gasteiger charge is 2.28. The molecule has 1 amide bonds. The second-order valence-corrected chi connectivity index (χ2v) is 6.82. The van der Waals surface area contributed by atoms with E-state index in [1.54, 1.807) is 23.4 Å². The van der Waals surface area contributed by atoms with Crippen molar-refractivity contribution in [3.8, 4) is 11.3 Å². The molecule has 0 bridgehead atoms. The number of nitrogens with zero attached hydrogens (tertiary/aromatic N) is 5. The zero-order chi connectivity index (χ0) is 18.3. The monoisotopic (exact) mass is 367 g/mol. The van der Waals surface area contributed by atoms with Crippen LogP contribution in [0.2, 0.25) is 5.02 Å². The van der Waals surface area contributed by atoms with Gasteiger partial charge in [-0.1, -0.05) is 23.7 Å². The molecule has 132 valence electrons. The molecule has 0 unspecified atom stereocenters. The Labute approximate surface area is 156 Å². The molecule has 0 fully saturated rings. The first-order chi connectivity index (χ1) is 12.6. The molecule has 6 nitrogen and oxygen atoms in total. The van der Waals surface area contributed by atoms with Gasteiger partial charge >= 0.3 is 0 Å². The number of carbonyl (C=O) groups is 1. The van der Waals surface area contributed by atoms with Crippen LogP contribution in [0.15, 0.2) is 36.9 Å². The smallest absolute Gasteiger partial charge is 0.255 e. The fourth-order valence-electron chi connectivity index (χ4n) is 3.46. The van der Waals surface area contributed by atoms with Gasteiger partial charge in [0.2, 0.25) is 0 Å². The summed E-state index contributed by atoms with van der Waals surface area (Å²) in [6, 6.07) is 5.54. The first-order valence-electron chi connectivity index (χ1n) is 8.40. The molecule has 1 aliphatic heterocycles. The highest BCUT2D eigenvalue weighted by Crippen LogP contribution is 2.30. The van der Waals surface area contributed by atoms with E-state index in [2.05, 4.69) is 15.1 Å². The fourth-order valence-corrected chi connectivity index (χ4v) is 3.67. The van der Waals surface area contributed by atoms with Crippen molar-refractivity contribution in [2.75, 3.05) is 6.54 Å². The van der Waals surface area contributed by atoms with Crippen LogP contribution in [0.1, 0.15) is 27.2 Å². The zero-order valence-corrected chi connectivity index (χ0v) is 15.4. The lowest BCUT2D eigenvalue weighted by Gasteiger charge is -2.27. The van der Waals surface area contributed by atoms with Crippen LogP contribution in [0.25, 0.3) is 11.3 Å². The standard InChI is InChI=1S/C19H18ClN5O/c1-12-4-3-5-15(17(12)20)19(26)25-7-6-14-16(10-25)23-24(2)18(14)13-8-21-11-22-9-13/h3-5,8-9,11H,6-7,10H2,1-2H3. The van der Waals surface area contributed by atoms with E-state index in [1.807, 2.05) is 30.8 Å². The molecule has 3 aromatic rings. The molecule has 26 heavy (non-hydrogen) atoms. The number of aromatic nitrogens is 4. The van der Waals surface area contributed by atoms with Gasteiger partial charge in [0.1, 0.15) is 6.33 Å². The molecule has 2 aromatic heterocycles. The fraction of sp³-hybridized carbons (Fsp3) is 0.263. The maximum Gasteiger partial charge on any atom is 0.255 e. The molecule has 1 aromatic carbocycles. The third-order valence-corrected chi connectivity index (χ3v) is 5.25. The number of aryl methyl sites for hydroxylation is 2. The molecular weight excluding hydrogens is 350 g/mol. The number of fused-ring (bicyclic) bond motifs is 1. The number of rotatable bonds is 2. The van der Waals surface area contributed by atoms with Crippen molar-refractivity contribution < 1.29 is 4.79 Å². The van der Waals surface area contributed by atoms with E-state index in [-0.39, 0.29) is 5.91 Å². The summed E-state index contributed by atoms with van der Waals surface area (Å²) in [6.45, 7) is 3.00. The van der Waals surface area contributed by atoms with Crippen molar-refractivity contribution in [2.24, 2.45) is 7.05 Å². The maximum absolute atomic E-state index is 12.9. The Bertz CT molecular complexity index is 983. The Morgan fingerprint density at radius 2 is 2.00 bits per heavy atom. The summed E-state index contributed by atoms with van der Waals surface area (Å²) in [6.07, 6.45) is 5.82. The molecule has 0 atom stereocenters. The predicted molar refractivity (Wildman–Crippen MR) is 98.9 cm³/mol. The van der Waals surface area contributed by atoms with Crippen LogP contribution in [0, 0.1) is 6.92 Å². The van der Waals surface area contributed by atoms with Gasteiger partial charge in [-0.05, 0) is 25.0 Å². The summed E-state index contributed by atoms with van der Waals surface area (Å²) < 4.78 is 1.84. The minimum atomic E-state index is -0.0559. The Morgan fingerprint density at radius 3 is 2.77 bits per heavy atom. The van der Waals surface area contributed by atoms with Crippen molar-refractivity contribution in [1.29, 1.82) is 0 Å². The van der Waals surface area contributed by atoms with Crippen LogP contribution in [0.5, 0.6) is 0 Å². The van der Waals surface area contributed by atoms with Crippen LogP contribution in [-0.2, 0) is 20.0 Å². The topological polar surface area (TPSA) is 63.9 Å². The molecular formula is C19H18ClN5O. The summed E-state index contributed by atoms with van der Waals surface area (Å²) >= 11 is 6.34. The summed E-state index contributed by atoms with van der Waals surface area (Å²) in [7, 11) is 1.91. The molecule has 0 saturated heterocycles. The Hall–Kier alpha value is -2.73. The molecule has 1 aliphatic rings. The van der Waals surface area contributed by atoms with Gasteiger partial charge < -0.3 is 4.90 Å². The number of hydrogen-bond donors (Lipinski definition) is 0. The van der Waals surface area contributed by atoms with Crippen LogP contribution in [-0.4, -0.2) is 37.1 Å². The molecule has 0 radical (unpaired) electrons. The number of hydrogen-bond acceptors (Lipinski definition) is 4. The second kappa shape index (κ2) is 6.53. The van der Waals surface area contributed by atoms with Gasteiger partial charge in [0.05, 0.1) is 28.5 Å². The van der Waals surface area contributed by atoms with E-state index in [0.717, 1.165) is 34.5 Å². The van der Waals surface area contributed by atoms with Crippen molar-refractivity contribution in [2.45, 2.75) is 19.9 Å². The van der Waals surface area contributed by atoms with Gasteiger partial charge in [-0.15, -0.1) is 0 Å². The SMILES string of the molecule is Cc1cccc(C(=O)N2CCc3c(nn(C)c3-c3cncnc3)C2)c1Cl. The lowest BCUT2D eigenvalue weighted by molar-refractivity contribution is 0.0732. The Morgan fingerprint density at radius 1 is 1.23 bits per heavy atom. The molecule has 3 heterocycles. The second-order valence-electron chi connectivity index (χ2n) is 6.44. The largest absolute Gasteiger partial charge is 0.332 e. The van der Waals surface area contributed by atoms with Gasteiger partial charge in [0.15, 0.2) is 0 Å². The molecule has 0 spiro atoms. The van der Waals surface area contributed by atoms with Crippen LogP contribution < -0.4 is 0 Å². The van der Waals surface area contributed by atoms with E-state index in [9.17, 15) is 4.79 Å². The first-order valence-corrected chi connectivity index (χ1v) is 8.78. The van der Waals surface area contributed by atoms with Gasteiger partial charge in [-0.2, -0.15) is 5.10 Å². The third kappa shape index (κ3) is 2.76. The van der Waals surface area contributed by atoms with E-state index in [1.165, 1.54) is 6.33 Å². The average molecular weight is 368 g/mol. The van der Waals surface area contributed by atoms with Crippen molar-refractivity contribution in [3.05, 3.63) is 64.3 Å². The van der Waals surface area contributed by atoms with Gasteiger partial charge in [-0.25, -0.2) is 9.97 Å². The number of benzene rings is 1. The average Bonchev–Trinajstić information content (AvgIpc) is 2.99. The van der Waals surface area contributed by atoms with E-state index in [4.69, 9.17) is 11.6 Å². The summed E-state index contributed by atoms with van der Waals surface area (Å²) in [4.78, 5) is 22.9. The Kier molecular flexibility index (Phi) is 4.20. The van der Waals surface area contributed by atoms with Gasteiger partial charge in [0.25, 0.3) is 5.91 Å². The summed E-state index contributed by atoms with van der Waals surface area (Å²) in [5.41, 5.74) is 5.46. The molecule has 0 N–H and O–H groups in total. The highest BCUT2D eigenvalue weighted by atomic mass is 35.5. The first kappa shape index (κ1) is 16.7. The van der Waals surface area contributed by atoms with Crippen LogP contribution in [0.4, 0.5) is 0 Å². The van der Waals surface area contributed by atoms with Gasteiger partial charge in [0, 0.05) is 37.1 Å². The van der Waals surface area contributed by atoms with Gasteiger partial charge in [-0.3, -0.25) is 9.48 Å². The van der Waals surface area contributed by atoms with E-state index >= 15 is 0 Å². The van der Waals surface area contributed by atoms with Crippen LogP contribution >= 0.6 is 11.6 Å². The molecule has 0 aliphatic carbocycles. The Balaban J connectivity index is 1.65. The lowest BCUT2D eigenvalue weighted by atomic mass is 10.0. The third-order valence-electron chi connectivity index (χ3n) is 4.74. The lowest BCUT2D eigenvalue weighted by Crippen LogP contribution is -2.36. The molecule has 7 heteroatoms. The van der Waals surface area contributed by atoms with Crippen molar-refractivity contribution in [1.82, 2.24) is 24.6 Å².